The number of aryl methyl sites for hydroxylation is 1. The molecule has 0 fully saturated rings. The Kier molecular flexibility index (Phi) is 3.56. The molecule has 0 radical (unpaired) electrons. The molecule has 0 amide bonds. The summed E-state index contributed by atoms with van der Waals surface area (Å²) in [6.07, 6.45) is -0.0907. The molecule has 17 heavy (non-hydrogen) atoms. The molecule has 0 bridgehead atoms. The summed E-state index contributed by atoms with van der Waals surface area (Å²) in [6, 6.07) is 1.51. The van der Waals surface area contributed by atoms with Crippen LogP contribution in [0.15, 0.2) is 16.8 Å². The zero-order valence-corrected chi connectivity index (χ0v) is 10.8. The standard InChI is InChI=1S/C11H12N2O2S2/c1-6-2-3-16-10(6)11-13-8(5-17-11)7(12)4-9(14)15/h2-3,5,7H,4,12H2,1H3,(H,14,15). The van der Waals surface area contributed by atoms with Gasteiger partial charge in [-0.2, -0.15) is 0 Å². The highest BCUT2D eigenvalue weighted by Gasteiger charge is 2.15. The summed E-state index contributed by atoms with van der Waals surface area (Å²) in [4.78, 5) is 16.1. The fourth-order valence-corrected chi connectivity index (χ4v) is 3.43. The molecule has 2 rings (SSSR count). The Morgan fingerprint density at radius 2 is 2.35 bits per heavy atom. The number of thiophene rings is 1. The molecule has 2 heterocycles. The van der Waals surface area contributed by atoms with Gasteiger partial charge in [-0.3, -0.25) is 4.79 Å². The lowest BCUT2D eigenvalue weighted by Gasteiger charge is -2.03. The molecule has 0 saturated carbocycles. The molecule has 0 spiro atoms. The maximum absolute atomic E-state index is 10.6. The van der Waals surface area contributed by atoms with Crippen LogP contribution in [0, 0.1) is 6.92 Å². The van der Waals surface area contributed by atoms with E-state index in [0.717, 1.165) is 9.88 Å². The second-order valence-electron chi connectivity index (χ2n) is 3.71. The van der Waals surface area contributed by atoms with Gasteiger partial charge in [-0.25, -0.2) is 4.98 Å². The molecule has 6 heteroatoms. The fourth-order valence-electron chi connectivity index (χ4n) is 1.45. The van der Waals surface area contributed by atoms with Crippen LogP contribution in [0.3, 0.4) is 0 Å². The molecule has 1 unspecified atom stereocenters. The molecule has 0 aromatic carbocycles. The van der Waals surface area contributed by atoms with E-state index in [2.05, 4.69) is 4.98 Å². The number of hydrogen-bond donors (Lipinski definition) is 2. The van der Waals surface area contributed by atoms with E-state index in [0.29, 0.717) is 5.69 Å². The molecule has 3 N–H and O–H groups in total. The van der Waals surface area contributed by atoms with Gasteiger partial charge in [0.2, 0.25) is 0 Å². The second kappa shape index (κ2) is 4.95. The Morgan fingerprint density at radius 3 is 2.94 bits per heavy atom. The third kappa shape index (κ3) is 2.71. The predicted molar refractivity (Wildman–Crippen MR) is 69.3 cm³/mol. The lowest BCUT2D eigenvalue weighted by atomic mass is 10.2. The zero-order chi connectivity index (χ0) is 12.4. The third-order valence-corrected chi connectivity index (χ3v) is 4.38. The third-order valence-electron chi connectivity index (χ3n) is 2.35. The number of carboxylic acid groups (broad SMARTS) is 1. The van der Waals surface area contributed by atoms with Gasteiger partial charge in [0.25, 0.3) is 0 Å². The number of rotatable bonds is 4. The molecule has 0 aliphatic rings. The highest BCUT2D eigenvalue weighted by Crippen LogP contribution is 2.32. The van der Waals surface area contributed by atoms with Gasteiger partial charge >= 0.3 is 5.97 Å². The van der Waals surface area contributed by atoms with Crippen LogP contribution in [-0.2, 0) is 4.79 Å². The minimum absolute atomic E-state index is 0.0907. The lowest BCUT2D eigenvalue weighted by Crippen LogP contribution is -2.15. The second-order valence-corrected chi connectivity index (χ2v) is 5.49. The van der Waals surface area contributed by atoms with Gasteiger partial charge in [0.05, 0.1) is 23.0 Å². The van der Waals surface area contributed by atoms with Gasteiger partial charge in [0.15, 0.2) is 0 Å². The summed E-state index contributed by atoms with van der Waals surface area (Å²) in [5.74, 6) is -0.903. The summed E-state index contributed by atoms with van der Waals surface area (Å²) in [5.41, 5.74) is 7.60. The molecule has 2 aromatic heterocycles. The van der Waals surface area contributed by atoms with E-state index in [4.69, 9.17) is 10.8 Å². The van der Waals surface area contributed by atoms with Crippen molar-refractivity contribution in [2.75, 3.05) is 0 Å². The quantitative estimate of drug-likeness (QED) is 0.893. The highest BCUT2D eigenvalue weighted by molar-refractivity contribution is 7.20. The summed E-state index contributed by atoms with van der Waals surface area (Å²) in [5, 5.41) is 13.4. The number of aliphatic carboxylic acids is 1. The maximum atomic E-state index is 10.6. The lowest BCUT2D eigenvalue weighted by molar-refractivity contribution is -0.137. The van der Waals surface area contributed by atoms with Crippen molar-refractivity contribution in [2.45, 2.75) is 19.4 Å². The van der Waals surface area contributed by atoms with Crippen LogP contribution in [0.4, 0.5) is 0 Å². The average Bonchev–Trinajstić information content (AvgIpc) is 2.84. The Hall–Kier alpha value is -1.24. The summed E-state index contributed by atoms with van der Waals surface area (Å²) < 4.78 is 0. The minimum atomic E-state index is -0.903. The van der Waals surface area contributed by atoms with Gasteiger partial charge in [0, 0.05) is 5.38 Å². The Balaban J connectivity index is 2.22. The van der Waals surface area contributed by atoms with Crippen molar-refractivity contribution >= 4 is 28.6 Å². The first-order chi connectivity index (χ1) is 8.08. The van der Waals surface area contributed by atoms with Gasteiger partial charge in [0.1, 0.15) is 5.01 Å². The maximum Gasteiger partial charge on any atom is 0.305 e. The Labute approximate surface area is 107 Å². The summed E-state index contributed by atoms with van der Waals surface area (Å²) in [7, 11) is 0. The smallest absolute Gasteiger partial charge is 0.305 e. The van der Waals surface area contributed by atoms with Gasteiger partial charge < -0.3 is 10.8 Å². The molecule has 1 atom stereocenters. The molecular formula is C11H12N2O2S2. The normalized spacial score (nSPS) is 12.6. The van der Waals surface area contributed by atoms with Crippen LogP contribution >= 0.6 is 22.7 Å². The predicted octanol–water partition coefficient (Wildman–Crippen LogP) is 2.65. The number of carboxylic acids is 1. The Morgan fingerprint density at radius 1 is 1.59 bits per heavy atom. The van der Waals surface area contributed by atoms with Crippen molar-refractivity contribution in [3.05, 3.63) is 28.1 Å². The number of hydrogen-bond acceptors (Lipinski definition) is 5. The van der Waals surface area contributed by atoms with Crippen molar-refractivity contribution in [3.63, 3.8) is 0 Å². The van der Waals surface area contributed by atoms with E-state index in [1.54, 1.807) is 11.3 Å². The van der Waals surface area contributed by atoms with E-state index in [-0.39, 0.29) is 6.42 Å². The summed E-state index contributed by atoms with van der Waals surface area (Å²) >= 11 is 3.14. The van der Waals surface area contributed by atoms with Crippen LogP contribution in [0.2, 0.25) is 0 Å². The first kappa shape index (κ1) is 12.2. The van der Waals surface area contributed by atoms with Crippen molar-refractivity contribution < 1.29 is 9.90 Å². The molecule has 4 nitrogen and oxygen atoms in total. The Bertz CT molecular complexity index is 533. The van der Waals surface area contributed by atoms with E-state index in [1.807, 2.05) is 23.8 Å². The van der Waals surface area contributed by atoms with Crippen molar-refractivity contribution in [1.82, 2.24) is 4.98 Å². The van der Waals surface area contributed by atoms with E-state index < -0.39 is 12.0 Å². The summed E-state index contributed by atoms with van der Waals surface area (Å²) in [6.45, 7) is 2.03. The zero-order valence-electron chi connectivity index (χ0n) is 9.21. The largest absolute Gasteiger partial charge is 0.481 e. The minimum Gasteiger partial charge on any atom is -0.481 e. The number of aromatic nitrogens is 1. The van der Waals surface area contributed by atoms with Gasteiger partial charge in [-0.15, -0.1) is 22.7 Å². The first-order valence-corrected chi connectivity index (χ1v) is 6.81. The number of thiazole rings is 1. The topological polar surface area (TPSA) is 76.2 Å². The molecule has 2 aromatic rings. The molecular weight excluding hydrogens is 256 g/mol. The average molecular weight is 268 g/mol. The molecule has 0 aliphatic carbocycles. The number of nitrogens with two attached hydrogens (primary N) is 1. The van der Waals surface area contributed by atoms with Crippen LogP contribution in [-0.4, -0.2) is 16.1 Å². The van der Waals surface area contributed by atoms with Crippen LogP contribution < -0.4 is 5.73 Å². The fraction of sp³-hybridized carbons (Fsp3) is 0.273. The highest BCUT2D eigenvalue weighted by atomic mass is 32.1. The van der Waals surface area contributed by atoms with Crippen LogP contribution in [0.5, 0.6) is 0 Å². The molecule has 90 valence electrons. The van der Waals surface area contributed by atoms with Gasteiger partial charge in [-0.1, -0.05) is 0 Å². The SMILES string of the molecule is Cc1ccsc1-c1nc(C(N)CC(=O)O)cs1. The van der Waals surface area contributed by atoms with Crippen molar-refractivity contribution in [2.24, 2.45) is 5.73 Å². The number of nitrogens with zero attached hydrogens (tertiary/aromatic N) is 1. The van der Waals surface area contributed by atoms with E-state index in [9.17, 15) is 4.79 Å². The van der Waals surface area contributed by atoms with Crippen molar-refractivity contribution in [1.29, 1.82) is 0 Å². The van der Waals surface area contributed by atoms with E-state index >= 15 is 0 Å². The molecule has 0 saturated heterocycles. The molecule has 0 aliphatic heterocycles. The van der Waals surface area contributed by atoms with Crippen LogP contribution in [0.25, 0.3) is 9.88 Å². The number of carbonyl (C=O) groups is 1. The van der Waals surface area contributed by atoms with E-state index in [1.165, 1.54) is 16.9 Å². The van der Waals surface area contributed by atoms with Crippen molar-refractivity contribution in [3.8, 4) is 9.88 Å². The van der Waals surface area contributed by atoms with Crippen LogP contribution in [0.1, 0.15) is 23.7 Å². The first-order valence-electron chi connectivity index (χ1n) is 5.05. The monoisotopic (exact) mass is 268 g/mol. The van der Waals surface area contributed by atoms with Gasteiger partial charge in [-0.05, 0) is 23.9 Å².